The van der Waals surface area contributed by atoms with E-state index >= 15 is 0 Å². The van der Waals surface area contributed by atoms with Crippen molar-refractivity contribution in [1.82, 2.24) is 5.32 Å². The van der Waals surface area contributed by atoms with E-state index in [0.717, 1.165) is 89.9 Å². The number of phosphoric acid groups is 1. The van der Waals surface area contributed by atoms with Gasteiger partial charge in [0, 0.05) is 12.8 Å². The first-order valence-corrected chi connectivity index (χ1v) is 31.1. The summed E-state index contributed by atoms with van der Waals surface area (Å²) < 4.78 is 30.2. The Kier molecular flexibility index (Phi) is 49.6. The predicted octanol–water partition coefficient (Wildman–Crippen LogP) is 17.3. The van der Waals surface area contributed by atoms with Crippen LogP contribution in [-0.4, -0.2) is 69.4 Å². The molecule has 3 atom stereocenters. The highest BCUT2D eigenvalue weighted by Gasteiger charge is 2.27. The van der Waals surface area contributed by atoms with Crippen molar-refractivity contribution in [3.63, 3.8) is 0 Å². The highest BCUT2D eigenvalue weighted by Crippen LogP contribution is 2.38. The van der Waals surface area contributed by atoms with E-state index in [1.807, 2.05) is 33.3 Å². The van der Waals surface area contributed by atoms with E-state index in [4.69, 9.17) is 13.8 Å². The van der Waals surface area contributed by atoms with Gasteiger partial charge in [0.05, 0.1) is 33.8 Å². The van der Waals surface area contributed by atoms with E-state index in [2.05, 4.69) is 74.7 Å². The number of likely N-dealkylation sites (N-methyl/N-ethyl adjacent to an activating group) is 1. The number of hydrogen-bond acceptors (Lipinski definition) is 7. The van der Waals surface area contributed by atoms with Crippen molar-refractivity contribution < 1.29 is 37.3 Å². The molecule has 0 bridgehead atoms. The number of hydrogen-bond donors (Lipinski definition) is 1. The molecule has 0 heterocycles. The van der Waals surface area contributed by atoms with Gasteiger partial charge in [-0.1, -0.05) is 236 Å². The van der Waals surface area contributed by atoms with Gasteiger partial charge in [-0.15, -0.1) is 0 Å². The minimum Gasteiger partial charge on any atom is -0.756 e. The van der Waals surface area contributed by atoms with Crippen molar-refractivity contribution in [3.05, 3.63) is 60.8 Å². The number of carbonyl (C=O) groups excluding carboxylic acids is 2. The third-order valence-corrected chi connectivity index (χ3v) is 13.9. The van der Waals surface area contributed by atoms with Crippen molar-refractivity contribution in [1.29, 1.82) is 0 Å². The van der Waals surface area contributed by atoms with E-state index in [9.17, 15) is 19.0 Å². The second-order valence-corrected chi connectivity index (χ2v) is 22.6. The van der Waals surface area contributed by atoms with Crippen molar-refractivity contribution in [2.45, 2.75) is 277 Å². The largest absolute Gasteiger partial charge is 0.756 e. The number of nitrogens with one attached hydrogen (secondary N) is 1. The quantitative estimate of drug-likeness (QED) is 0.0212. The summed E-state index contributed by atoms with van der Waals surface area (Å²) in [7, 11) is 1.17. The summed E-state index contributed by atoms with van der Waals surface area (Å²) in [4.78, 5) is 39.8. The van der Waals surface area contributed by atoms with Gasteiger partial charge in [-0.25, -0.2) is 0 Å². The van der Waals surface area contributed by atoms with Gasteiger partial charge >= 0.3 is 5.97 Å². The van der Waals surface area contributed by atoms with Crippen LogP contribution in [0.2, 0.25) is 0 Å². The molecule has 0 aromatic rings. The van der Waals surface area contributed by atoms with Crippen LogP contribution < -0.4 is 10.2 Å². The molecule has 3 unspecified atom stereocenters. The maximum Gasteiger partial charge on any atom is 0.306 e. The number of amides is 1. The summed E-state index contributed by atoms with van der Waals surface area (Å²) in [6.45, 7) is 6.80. The Morgan fingerprint density at radius 3 is 1.31 bits per heavy atom. The van der Waals surface area contributed by atoms with Crippen LogP contribution in [0.1, 0.15) is 265 Å². The molecule has 71 heavy (non-hydrogen) atoms. The van der Waals surface area contributed by atoms with Crippen molar-refractivity contribution >= 4 is 19.7 Å². The zero-order chi connectivity index (χ0) is 52.2. The van der Waals surface area contributed by atoms with Crippen molar-refractivity contribution in [2.75, 3.05) is 40.9 Å². The Bertz CT molecular complexity index is 1400. The lowest BCUT2D eigenvalue weighted by Gasteiger charge is -2.30. The van der Waals surface area contributed by atoms with E-state index in [0.29, 0.717) is 23.9 Å². The SMILES string of the molecule is CCCCC/C=C\C/C=C\C/C=C\C/C=C\CCCCCCCC(=O)OC(/C=C/CCCCCCCCCCC)C(COP(=O)([O-])OCC[N+](C)(C)C)NC(=O)CCCCCCCCCCCCCCC. The molecule has 10 heteroatoms. The molecule has 1 N–H and O–H groups in total. The normalized spacial score (nSPS) is 14.2. The summed E-state index contributed by atoms with van der Waals surface area (Å²) in [5, 5.41) is 3.02. The molecule has 0 fully saturated rings. The topological polar surface area (TPSA) is 114 Å². The number of rotatable bonds is 53. The summed E-state index contributed by atoms with van der Waals surface area (Å²) in [6.07, 6.45) is 63.2. The van der Waals surface area contributed by atoms with Crippen LogP contribution in [0, 0.1) is 0 Å². The van der Waals surface area contributed by atoms with Crippen LogP contribution in [0.25, 0.3) is 0 Å². The zero-order valence-electron chi connectivity index (χ0n) is 47.2. The van der Waals surface area contributed by atoms with Crippen LogP contribution in [0.15, 0.2) is 60.8 Å². The maximum atomic E-state index is 13.5. The molecular weight excluding hydrogens is 904 g/mol. The van der Waals surface area contributed by atoms with Gasteiger partial charge in [0.2, 0.25) is 5.91 Å². The molecule has 0 aliphatic heterocycles. The monoisotopic (exact) mass is 1020 g/mol. The number of unbranched alkanes of at least 4 members (excludes halogenated alkanes) is 29. The predicted molar refractivity (Wildman–Crippen MR) is 302 cm³/mol. The summed E-state index contributed by atoms with van der Waals surface area (Å²) in [5.74, 6) is -0.558. The molecule has 1 amide bonds. The number of quaternary nitrogens is 1. The molecular formula is C61H113N2O7P. The molecule has 0 aromatic carbocycles. The molecule has 0 aromatic heterocycles. The lowest BCUT2D eigenvalue weighted by molar-refractivity contribution is -0.870. The number of carbonyl (C=O) groups is 2. The number of phosphoric ester groups is 1. The van der Waals surface area contributed by atoms with Crippen molar-refractivity contribution in [2.24, 2.45) is 0 Å². The van der Waals surface area contributed by atoms with Crippen LogP contribution >= 0.6 is 7.82 Å². The molecule has 0 saturated carbocycles. The third-order valence-electron chi connectivity index (χ3n) is 13.0. The molecule has 0 aliphatic rings. The molecule has 414 valence electrons. The van der Waals surface area contributed by atoms with Crippen LogP contribution in [0.4, 0.5) is 0 Å². The Morgan fingerprint density at radius 2 is 0.859 bits per heavy atom. The first kappa shape index (κ1) is 68.7. The Balaban J connectivity index is 5.28. The fourth-order valence-electron chi connectivity index (χ4n) is 8.33. The van der Waals surface area contributed by atoms with Crippen LogP contribution in [0.3, 0.4) is 0 Å². The lowest BCUT2D eigenvalue weighted by Crippen LogP contribution is -2.47. The molecule has 0 saturated heterocycles. The molecule has 0 rings (SSSR count). The second-order valence-electron chi connectivity index (χ2n) is 21.2. The summed E-state index contributed by atoms with van der Waals surface area (Å²) in [6, 6.07) is -0.894. The van der Waals surface area contributed by atoms with E-state index in [1.54, 1.807) is 0 Å². The standard InChI is InChI=1S/C61H113N2O7P/c1-7-10-13-16-19-22-25-27-28-29-30-31-32-33-34-36-39-42-45-48-51-54-61(65)70-59(52-49-46-43-40-37-24-21-18-15-12-9-3)58(57-69-71(66,67)68-56-55-63(4,5)6)62-60(64)53-50-47-44-41-38-35-26-23-20-17-14-11-8-2/h19,22,27-28,30-31,33-34,49,52,58-59H,7-18,20-21,23-26,29,32,35-48,50-51,53-57H2,1-6H3,(H-,62,64,66,67)/b22-19-,28-27-,31-30-,34-33-,52-49+. The van der Waals surface area contributed by atoms with E-state index in [1.165, 1.54) is 135 Å². The van der Waals surface area contributed by atoms with Gasteiger partial charge < -0.3 is 28.5 Å². The number of ether oxygens (including phenoxy) is 1. The molecule has 9 nitrogen and oxygen atoms in total. The van der Waals surface area contributed by atoms with Crippen LogP contribution in [0.5, 0.6) is 0 Å². The number of allylic oxidation sites excluding steroid dienone is 9. The van der Waals surface area contributed by atoms with Gasteiger partial charge in [0.1, 0.15) is 19.3 Å². The van der Waals surface area contributed by atoms with Crippen LogP contribution in [-0.2, 0) is 27.9 Å². The maximum absolute atomic E-state index is 13.5. The van der Waals surface area contributed by atoms with Gasteiger partial charge in [-0.2, -0.15) is 0 Å². The summed E-state index contributed by atoms with van der Waals surface area (Å²) in [5.41, 5.74) is 0. The summed E-state index contributed by atoms with van der Waals surface area (Å²) >= 11 is 0. The van der Waals surface area contributed by atoms with Crippen molar-refractivity contribution in [3.8, 4) is 0 Å². The van der Waals surface area contributed by atoms with Gasteiger partial charge in [0.25, 0.3) is 7.82 Å². The first-order chi connectivity index (χ1) is 34.4. The lowest BCUT2D eigenvalue weighted by atomic mass is 10.0. The molecule has 0 aliphatic carbocycles. The molecule has 0 spiro atoms. The fraction of sp³-hybridized carbons (Fsp3) is 0.803. The Labute approximate surface area is 439 Å². The average Bonchev–Trinajstić information content (AvgIpc) is 3.33. The zero-order valence-corrected chi connectivity index (χ0v) is 48.1. The van der Waals surface area contributed by atoms with E-state index < -0.39 is 26.6 Å². The highest BCUT2D eigenvalue weighted by atomic mass is 31.2. The van der Waals surface area contributed by atoms with Gasteiger partial charge in [-0.05, 0) is 76.7 Å². The minimum absolute atomic E-state index is 0.0258. The average molecular weight is 1020 g/mol. The minimum atomic E-state index is -4.70. The Morgan fingerprint density at radius 1 is 0.493 bits per heavy atom. The first-order valence-electron chi connectivity index (χ1n) is 29.6. The Hall–Kier alpha value is -2.29. The molecule has 0 radical (unpaired) electrons. The second kappa shape index (κ2) is 51.2. The highest BCUT2D eigenvalue weighted by molar-refractivity contribution is 7.45. The third kappa shape index (κ3) is 52.4. The fourth-order valence-corrected chi connectivity index (χ4v) is 9.05. The van der Waals surface area contributed by atoms with Gasteiger partial charge in [-0.3, -0.25) is 14.2 Å². The van der Waals surface area contributed by atoms with E-state index in [-0.39, 0.29) is 24.9 Å². The smallest absolute Gasteiger partial charge is 0.306 e. The van der Waals surface area contributed by atoms with Gasteiger partial charge in [0.15, 0.2) is 0 Å². The number of nitrogens with zero attached hydrogens (tertiary/aromatic N) is 1. The number of esters is 1.